The molecule has 1 aromatic carbocycles. The number of fused-ring (bicyclic) bond motifs is 1. The van der Waals surface area contributed by atoms with Crippen LogP contribution < -0.4 is 16.0 Å². The van der Waals surface area contributed by atoms with E-state index in [0.717, 1.165) is 12.5 Å². The minimum atomic E-state index is -0.623. The predicted octanol–water partition coefficient (Wildman–Crippen LogP) is 2.82. The highest BCUT2D eigenvalue weighted by Gasteiger charge is 2.32. The molecule has 1 amide bonds. The van der Waals surface area contributed by atoms with E-state index in [1.807, 2.05) is 18.7 Å². The topological polar surface area (TPSA) is 131 Å². The highest BCUT2D eigenvalue weighted by Crippen LogP contribution is 2.23. The molecule has 194 valence electrons. The molecule has 4 aromatic rings. The second-order valence-corrected chi connectivity index (χ2v) is 8.95. The second-order valence-electron chi connectivity index (χ2n) is 8.95. The van der Waals surface area contributed by atoms with Crippen LogP contribution in [0.4, 0.5) is 26.4 Å². The Morgan fingerprint density at radius 1 is 1.16 bits per heavy atom. The quantitative estimate of drug-likeness (QED) is 0.385. The molecule has 11 nitrogen and oxygen atoms in total. The van der Waals surface area contributed by atoms with Gasteiger partial charge in [-0.15, -0.1) is 5.10 Å². The van der Waals surface area contributed by atoms with Crippen LogP contribution in [0.2, 0.25) is 0 Å². The number of aromatic nitrogens is 5. The zero-order chi connectivity index (χ0) is 26.1. The van der Waals surface area contributed by atoms with Gasteiger partial charge in [-0.25, -0.2) is 8.78 Å². The van der Waals surface area contributed by atoms with Crippen molar-refractivity contribution in [3.8, 4) is 11.6 Å². The van der Waals surface area contributed by atoms with Crippen molar-refractivity contribution in [3.05, 3.63) is 48.2 Å². The van der Waals surface area contributed by atoms with Crippen molar-refractivity contribution in [2.45, 2.75) is 26.3 Å². The maximum absolute atomic E-state index is 14.2. The van der Waals surface area contributed by atoms with Crippen LogP contribution in [0.25, 0.3) is 17.4 Å². The third kappa shape index (κ3) is 4.88. The van der Waals surface area contributed by atoms with Gasteiger partial charge in [-0.1, -0.05) is 20.3 Å². The maximum atomic E-state index is 14.2. The Kier molecular flexibility index (Phi) is 6.59. The summed E-state index contributed by atoms with van der Waals surface area (Å²) in [5.41, 5.74) is 6.43. The average Bonchev–Trinajstić information content (AvgIpc) is 3.57. The van der Waals surface area contributed by atoms with Crippen LogP contribution in [-0.4, -0.2) is 67.6 Å². The normalized spacial score (nSPS) is 15.7. The van der Waals surface area contributed by atoms with Crippen LogP contribution in [-0.2, 0) is 4.79 Å². The lowest BCUT2D eigenvalue weighted by molar-refractivity contribution is -0.133. The lowest BCUT2D eigenvalue weighted by atomic mass is 9.97. The lowest BCUT2D eigenvalue weighted by Gasteiger charge is -2.38. The van der Waals surface area contributed by atoms with Gasteiger partial charge in [0.25, 0.3) is 5.78 Å². The number of furan rings is 1. The fraction of sp³-hybridized carbons (Fsp3) is 0.375. The Bertz CT molecular complexity index is 1400. The fourth-order valence-electron chi connectivity index (χ4n) is 4.30. The van der Waals surface area contributed by atoms with E-state index in [0.29, 0.717) is 43.5 Å². The SMILES string of the molecule is CCC(C)[C@H](Nc1nc(N)n2nc(-c3ccco3)nc2n1)C(=O)N1CCN(c2ccc(F)cc2F)CC1. The van der Waals surface area contributed by atoms with Crippen molar-refractivity contribution in [1.29, 1.82) is 0 Å². The van der Waals surface area contributed by atoms with Gasteiger partial charge >= 0.3 is 0 Å². The first-order chi connectivity index (χ1) is 17.8. The fourth-order valence-corrected chi connectivity index (χ4v) is 4.30. The number of halogens is 2. The van der Waals surface area contributed by atoms with Crippen LogP contribution >= 0.6 is 0 Å². The van der Waals surface area contributed by atoms with Crippen molar-refractivity contribution >= 4 is 29.3 Å². The van der Waals surface area contributed by atoms with E-state index in [9.17, 15) is 13.6 Å². The first-order valence-electron chi connectivity index (χ1n) is 12.0. The molecule has 4 heterocycles. The van der Waals surface area contributed by atoms with Gasteiger partial charge in [-0.2, -0.15) is 19.5 Å². The molecule has 2 atom stereocenters. The molecule has 1 unspecified atom stereocenters. The summed E-state index contributed by atoms with van der Waals surface area (Å²) in [7, 11) is 0. The Morgan fingerprint density at radius 3 is 2.62 bits per heavy atom. The standard InChI is InChI=1S/C24H27F2N9O2/c1-3-14(2)19(21(36)34-10-8-33(9-11-34)17-7-6-15(25)13-16(17)26)28-23-30-22(27)35-24(31-23)29-20(32-35)18-5-4-12-37-18/h4-7,12-14,19H,3,8-11H2,1-2H3,(H3,27,28,29,30,31,32)/t14?,19-/m0/s1. The second kappa shape index (κ2) is 9.99. The molecule has 0 spiro atoms. The molecule has 1 aliphatic heterocycles. The van der Waals surface area contributed by atoms with E-state index < -0.39 is 17.7 Å². The van der Waals surface area contributed by atoms with E-state index in [-0.39, 0.29) is 29.5 Å². The monoisotopic (exact) mass is 511 g/mol. The third-order valence-electron chi connectivity index (χ3n) is 6.58. The summed E-state index contributed by atoms with van der Waals surface area (Å²) >= 11 is 0. The molecule has 0 saturated carbocycles. The van der Waals surface area contributed by atoms with Gasteiger partial charge in [0.1, 0.15) is 17.7 Å². The first-order valence-corrected chi connectivity index (χ1v) is 12.0. The Hall–Kier alpha value is -4.29. The molecule has 1 saturated heterocycles. The number of rotatable bonds is 7. The molecule has 13 heteroatoms. The molecule has 0 aliphatic carbocycles. The molecule has 3 N–H and O–H groups in total. The summed E-state index contributed by atoms with van der Waals surface area (Å²) in [6.07, 6.45) is 2.25. The molecular weight excluding hydrogens is 484 g/mol. The van der Waals surface area contributed by atoms with Gasteiger partial charge in [-0.05, 0) is 30.2 Å². The van der Waals surface area contributed by atoms with Crippen LogP contribution in [0.1, 0.15) is 20.3 Å². The largest absolute Gasteiger partial charge is 0.461 e. The van der Waals surface area contributed by atoms with Gasteiger partial charge in [-0.3, -0.25) is 4.79 Å². The Balaban J connectivity index is 1.32. The van der Waals surface area contributed by atoms with E-state index in [4.69, 9.17) is 10.2 Å². The number of nitrogen functional groups attached to an aromatic ring is 1. The van der Waals surface area contributed by atoms with Gasteiger partial charge in [0, 0.05) is 32.2 Å². The minimum absolute atomic E-state index is 0.0438. The van der Waals surface area contributed by atoms with E-state index >= 15 is 0 Å². The highest BCUT2D eigenvalue weighted by molar-refractivity contribution is 5.85. The first kappa shape index (κ1) is 24.4. The number of nitrogens with two attached hydrogens (primary N) is 1. The van der Waals surface area contributed by atoms with Crippen molar-refractivity contribution in [1.82, 2.24) is 29.5 Å². The summed E-state index contributed by atoms with van der Waals surface area (Å²) in [5.74, 6) is -0.190. The lowest BCUT2D eigenvalue weighted by Crippen LogP contribution is -2.54. The van der Waals surface area contributed by atoms with Crippen LogP contribution in [0.5, 0.6) is 0 Å². The van der Waals surface area contributed by atoms with E-state index in [1.165, 1.54) is 22.9 Å². The number of benzene rings is 1. The maximum Gasteiger partial charge on any atom is 0.259 e. The average molecular weight is 512 g/mol. The molecule has 3 aromatic heterocycles. The Labute approximate surface area is 211 Å². The van der Waals surface area contributed by atoms with Gasteiger partial charge in [0.15, 0.2) is 5.76 Å². The molecule has 0 bridgehead atoms. The third-order valence-corrected chi connectivity index (χ3v) is 6.58. The van der Waals surface area contributed by atoms with Crippen molar-refractivity contribution in [2.75, 3.05) is 42.1 Å². The summed E-state index contributed by atoms with van der Waals surface area (Å²) in [4.78, 5) is 30.2. The number of hydrogen-bond donors (Lipinski definition) is 2. The van der Waals surface area contributed by atoms with E-state index in [1.54, 1.807) is 17.0 Å². The van der Waals surface area contributed by atoms with Gasteiger partial charge in [0.05, 0.1) is 12.0 Å². The van der Waals surface area contributed by atoms with Crippen molar-refractivity contribution < 1.29 is 18.0 Å². The van der Waals surface area contributed by atoms with Crippen molar-refractivity contribution in [3.63, 3.8) is 0 Å². The van der Waals surface area contributed by atoms with Crippen LogP contribution in [0.15, 0.2) is 41.0 Å². The summed E-state index contributed by atoms with van der Waals surface area (Å²) < 4.78 is 34.2. The number of hydrogen-bond acceptors (Lipinski definition) is 9. The molecule has 0 radical (unpaired) electrons. The van der Waals surface area contributed by atoms with Crippen molar-refractivity contribution in [2.24, 2.45) is 5.92 Å². The summed E-state index contributed by atoms with van der Waals surface area (Å²) in [6.45, 7) is 5.59. The van der Waals surface area contributed by atoms with Gasteiger partial charge < -0.3 is 25.3 Å². The number of anilines is 3. The number of carbonyl (C=O) groups is 1. The van der Waals surface area contributed by atoms with Gasteiger partial charge in [0.2, 0.25) is 23.6 Å². The zero-order valence-corrected chi connectivity index (χ0v) is 20.4. The van der Waals surface area contributed by atoms with E-state index in [2.05, 4.69) is 25.4 Å². The molecule has 1 aliphatic rings. The molecule has 37 heavy (non-hydrogen) atoms. The summed E-state index contributed by atoms with van der Waals surface area (Å²) in [6, 6.07) is 6.35. The predicted molar refractivity (Wildman–Crippen MR) is 133 cm³/mol. The smallest absolute Gasteiger partial charge is 0.259 e. The summed E-state index contributed by atoms with van der Waals surface area (Å²) in [5, 5.41) is 7.43. The van der Waals surface area contributed by atoms with Crippen LogP contribution in [0, 0.1) is 17.6 Å². The van der Waals surface area contributed by atoms with Crippen LogP contribution in [0.3, 0.4) is 0 Å². The minimum Gasteiger partial charge on any atom is -0.461 e. The number of carbonyl (C=O) groups excluding carboxylic acids is 1. The molecular formula is C24H27F2N9O2. The number of nitrogens with one attached hydrogen (secondary N) is 1. The number of piperazine rings is 1. The Morgan fingerprint density at radius 2 is 1.95 bits per heavy atom. The number of nitrogens with zero attached hydrogens (tertiary/aromatic N) is 7. The molecule has 1 fully saturated rings. The number of amides is 1. The molecule has 5 rings (SSSR count). The zero-order valence-electron chi connectivity index (χ0n) is 20.4. The highest BCUT2D eigenvalue weighted by atomic mass is 19.1.